The molecule has 0 aromatic carbocycles. The molecular formula is C16H28N2O6. The molecule has 8 nitrogen and oxygen atoms in total. The number of rotatable bonds is 5. The molecule has 0 aromatic heterocycles. The molecule has 1 N–H and O–H groups in total. The van der Waals surface area contributed by atoms with E-state index in [-0.39, 0.29) is 12.5 Å². The fourth-order valence-corrected chi connectivity index (χ4v) is 2.38. The fourth-order valence-electron chi connectivity index (χ4n) is 2.38. The number of nitrogens with one attached hydrogen (secondary N) is 1. The van der Waals surface area contributed by atoms with Crippen LogP contribution in [0.2, 0.25) is 0 Å². The summed E-state index contributed by atoms with van der Waals surface area (Å²) >= 11 is 0. The van der Waals surface area contributed by atoms with Gasteiger partial charge in [0.15, 0.2) is 0 Å². The maximum atomic E-state index is 12.2. The molecular weight excluding hydrogens is 316 g/mol. The highest BCUT2D eigenvalue weighted by molar-refractivity contribution is 5.87. The third-order valence-corrected chi connectivity index (χ3v) is 3.59. The lowest BCUT2D eigenvalue weighted by atomic mass is 9.91. The van der Waals surface area contributed by atoms with E-state index in [1.165, 1.54) is 19.1 Å². The third-order valence-electron chi connectivity index (χ3n) is 3.59. The first-order valence-electron chi connectivity index (χ1n) is 8.03. The average Bonchev–Trinajstić information content (AvgIpc) is 2.51. The summed E-state index contributed by atoms with van der Waals surface area (Å²) in [7, 11) is 2.75. The number of carbonyl (C=O) groups is 3. The lowest BCUT2D eigenvalue weighted by Gasteiger charge is -2.30. The summed E-state index contributed by atoms with van der Waals surface area (Å²) in [6.07, 6.45) is 0.738. The van der Waals surface area contributed by atoms with Crippen LogP contribution < -0.4 is 5.32 Å². The van der Waals surface area contributed by atoms with Crippen molar-refractivity contribution < 1.29 is 28.6 Å². The molecule has 0 bridgehead atoms. The van der Waals surface area contributed by atoms with E-state index in [4.69, 9.17) is 14.2 Å². The molecule has 0 radical (unpaired) electrons. The van der Waals surface area contributed by atoms with E-state index in [0.29, 0.717) is 26.1 Å². The molecule has 1 atom stereocenters. The molecule has 1 saturated heterocycles. The first kappa shape index (κ1) is 20.2. The third kappa shape index (κ3) is 6.74. The van der Waals surface area contributed by atoms with Gasteiger partial charge < -0.3 is 24.4 Å². The fraction of sp³-hybridized carbons (Fsp3) is 0.812. The highest BCUT2D eigenvalue weighted by Gasteiger charge is 2.32. The van der Waals surface area contributed by atoms with E-state index in [2.05, 4.69) is 5.32 Å². The topological polar surface area (TPSA) is 94.2 Å². The van der Waals surface area contributed by atoms with Crippen LogP contribution in [0.25, 0.3) is 0 Å². The second-order valence-corrected chi connectivity index (χ2v) is 6.85. The van der Waals surface area contributed by atoms with E-state index >= 15 is 0 Å². The first-order chi connectivity index (χ1) is 11.1. The molecule has 2 amide bonds. The second-order valence-electron chi connectivity index (χ2n) is 6.85. The smallest absolute Gasteiger partial charge is 0.410 e. The summed E-state index contributed by atoms with van der Waals surface area (Å²) in [5, 5.41) is 2.67. The molecule has 1 fully saturated rings. The Bertz CT molecular complexity index is 454. The van der Waals surface area contributed by atoms with Crippen LogP contribution >= 0.6 is 0 Å². The molecule has 1 rings (SSSR count). The minimum absolute atomic E-state index is 0.0398. The zero-order valence-electron chi connectivity index (χ0n) is 15.1. The van der Waals surface area contributed by atoms with Gasteiger partial charge in [0.25, 0.3) is 0 Å². The van der Waals surface area contributed by atoms with Crippen molar-refractivity contribution in [1.82, 2.24) is 10.2 Å². The number of hydrogen-bond donors (Lipinski definition) is 1. The van der Waals surface area contributed by atoms with Crippen LogP contribution in [0.1, 0.15) is 33.6 Å². The number of hydrogen-bond acceptors (Lipinski definition) is 6. The molecule has 24 heavy (non-hydrogen) atoms. The van der Waals surface area contributed by atoms with E-state index in [9.17, 15) is 14.4 Å². The Labute approximate surface area is 142 Å². The first-order valence-corrected chi connectivity index (χ1v) is 8.03. The molecule has 1 aliphatic heterocycles. The quantitative estimate of drug-likeness (QED) is 0.746. The average molecular weight is 344 g/mol. The van der Waals surface area contributed by atoms with Crippen LogP contribution in [0.15, 0.2) is 0 Å². The Hall–Kier alpha value is -1.83. The van der Waals surface area contributed by atoms with E-state index in [1.54, 1.807) is 20.8 Å². The van der Waals surface area contributed by atoms with Crippen LogP contribution in [0.5, 0.6) is 0 Å². The predicted octanol–water partition coefficient (Wildman–Crippen LogP) is 0.938. The summed E-state index contributed by atoms with van der Waals surface area (Å²) in [6.45, 7) is 6.13. The van der Waals surface area contributed by atoms with Crippen molar-refractivity contribution in [2.24, 2.45) is 5.92 Å². The molecule has 0 aromatic rings. The molecule has 0 aliphatic carbocycles. The van der Waals surface area contributed by atoms with Gasteiger partial charge in [-0.25, -0.2) is 9.59 Å². The molecule has 138 valence electrons. The van der Waals surface area contributed by atoms with Gasteiger partial charge in [-0.1, -0.05) is 0 Å². The van der Waals surface area contributed by atoms with Crippen molar-refractivity contribution in [3.8, 4) is 0 Å². The number of ether oxygens (including phenoxy) is 3. The number of carbonyl (C=O) groups excluding carboxylic acids is 3. The maximum absolute atomic E-state index is 12.2. The molecule has 1 unspecified atom stereocenters. The van der Waals surface area contributed by atoms with Crippen LogP contribution in [-0.4, -0.2) is 68.4 Å². The zero-order valence-corrected chi connectivity index (χ0v) is 15.1. The normalized spacial score (nSPS) is 16.9. The summed E-state index contributed by atoms with van der Waals surface area (Å²) in [5.74, 6) is -0.970. The molecule has 1 heterocycles. The van der Waals surface area contributed by atoms with Crippen molar-refractivity contribution >= 4 is 18.0 Å². The Morgan fingerprint density at radius 2 is 1.83 bits per heavy atom. The summed E-state index contributed by atoms with van der Waals surface area (Å²) in [5.41, 5.74) is -0.640. The Balaban J connectivity index is 2.61. The Kier molecular flexibility index (Phi) is 7.47. The van der Waals surface area contributed by atoms with Crippen molar-refractivity contribution in [2.75, 3.05) is 33.9 Å². The highest BCUT2D eigenvalue weighted by atomic mass is 16.6. The van der Waals surface area contributed by atoms with Crippen molar-refractivity contribution in [2.45, 2.75) is 45.3 Å². The van der Waals surface area contributed by atoms with Gasteiger partial charge in [0.05, 0.1) is 7.11 Å². The van der Waals surface area contributed by atoms with E-state index in [0.717, 1.165) is 0 Å². The van der Waals surface area contributed by atoms with Crippen LogP contribution in [0, 0.1) is 5.92 Å². The molecule has 0 saturated carbocycles. The minimum Gasteiger partial charge on any atom is -0.467 e. The lowest BCUT2D eigenvalue weighted by molar-refractivity contribution is -0.147. The number of methoxy groups -OCH3 is 1. The van der Waals surface area contributed by atoms with E-state index in [1.807, 2.05) is 0 Å². The van der Waals surface area contributed by atoms with Gasteiger partial charge in [0.2, 0.25) is 5.91 Å². The van der Waals surface area contributed by atoms with E-state index < -0.39 is 29.6 Å². The zero-order chi connectivity index (χ0) is 18.3. The highest BCUT2D eigenvalue weighted by Crippen LogP contribution is 2.19. The summed E-state index contributed by atoms with van der Waals surface area (Å²) in [6, 6.07) is -0.738. The second kappa shape index (κ2) is 8.86. The van der Waals surface area contributed by atoms with Gasteiger partial charge >= 0.3 is 12.1 Å². The van der Waals surface area contributed by atoms with Gasteiger partial charge in [0.1, 0.15) is 18.2 Å². The largest absolute Gasteiger partial charge is 0.467 e. The van der Waals surface area contributed by atoms with Gasteiger partial charge in [-0.05, 0) is 39.5 Å². The SMILES string of the molecule is COC(=O)C(NC(=O)CN(C)C(=O)OC(C)(C)C)C1CCOCC1. The van der Waals surface area contributed by atoms with Crippen LogP contribution in [-0.2, 0) is 23.8 Å². The number of nitrogens with zero attached hydrogens (tertiary/aromatic N) is 1. The van der Waals surface area contributed by atoms with Crippen molar-refractivity contribution in [3.63, 3.8) is 0 Å². The Morgan fingerprint density at radius 3 is 2.33 bits per heavy atom. The standard InChI is InChI=1S/C16H28N2O6/c1-16(2,3)24-15(21)18(4)10-12(19)17-13(14(20)22-5)11-6-8-23-9-7-11/h11,13H,6-10H2,1-5H3,(H,17,19). The van der Waals surface area contributed by atoms with Crippen molar-refractivity contribution in [1.29, 1.82) is 0 Å². The monoisotopic (exact) mass is 344 g/mol. The van der Waals surface area contributed by atoms with Crippen LogP contribution in [0.4, 0.5) is 4.79 Å². The van der Waals surface area contributed by atoms with Gasteiger partial charge in [-0.2, -0.15) is 0 Å². The summed E-state index contributed by atoms with van der Waals surface area (Å²) < 4.78 is 15.3. The lowest BCUT2D eigenvalue weighted by Crippen LogP contribution is -2.51. The maximum Gasteiger partial charge on any atom is 0.410 e. The number of likely N-dealkylation sites (N-methyl/N-ethyl adjacent to an activating group) is 1. The molecule has 0 spiro atoms. The Morgan fingerprint density at radius 1 is 1.25 bits per heavy atom. The predicted molar refractivity (Wildman–Crippen MR) is 86.4 cm³/mol. The van der Waals surface area contributed by atoms with Gasteiger partial charge in [0, 0.05) is 20.3 Å². The molecule has 8 heteroatoms. The number of esters is 1. The minimum atomic E-state index is -0.738. The molecule has 1 aliphatic rings. The summed E-state index contributed by atoms with van der Waals surface area (Å²) in [4.78, 5) is 37.2. The van der Waals surface area contributed by atoms with Gasteiger partial charge in [-0.3, -0.25) is 4.79 Å². The van der Waals surface area contributed by atoms with Crippen LogP contribution in [0.3, 0.4) is 0 Å². The van der Waals surface area contributed by atoms with Gasteiger partial charge in [-0.15, -0.1) is 0 Å². The number of amides is 2. The van der Waals surface area contributed by atoms with Crippen molar-refractivity contribution in [3.05, 3.63) is 0 Å².